The van der Waals surface area contributed by atoms with Gasteiger partial charge in [-0.1, -0.05) is 30.3 Å². The molecule has 0 atom stereocenters. The highest BCUT2D eigenvalue weighted by atomic mass is 16.5. The number of anilines is 1. The molecule has 2 aromatic rings. The van der Waals surface area contributed by atoms with Gasteiger partial charge in [-0.15, -0.1) is 0 Å². The van der Waals surface area contributed by atoms with E-state index in [0.717, 1.165) is 11.1 Å². The molecule has 0 heterocycles. The number of aromatic carboxylic acids is 1. The van der Waals surface area contributed by atoms with Crippen molar-refractivity contribution < 1.29 is 14.6 Å². The molecule has 0 saturated carbocycles. The molecular formula is C15H15NO3. The highest BCUT2D eigenvalue weighted by Gasteiger charge is 2.21. The molecule has 98 valence electrons. The van der Waals surface area contributed by atoms with Crippen LogP contribution in [0.2, 0.25) is 0 Å². The van der Waals surface area contributed by atoms with Crippen LogP contribution in [0.4, 0.5) is 5.69 Å². The molecule has 19 heavy (non-hydrogen) atoms. The second-order valence-electron chi connectivity index (χ2n) is 4.23. The highest BCUT2D eigenvalue weighted by molar-refractivity contribution is 6.03. The Morgan fingerprint density at radius 2 is 1.89 bits per heavy atom. The number of nitrogens with two attached hydrogens (primary N) is 1. The number of rotatable bonds is 3. The van der Waals surface area contributed by atoms with Crippen LogP contribution < -0.4 is 10.5 Å². The summed E-state index contributed by atoms with van der Waals surface area (Å²) in [5.74, 6) is -0.673. The van der Waals surface area contributed by atoms with Crippen molar-refractivity contribution in [2.75, 3.05) is 12.8 Å². The van der Waals surface area contributed by atoms with Crippen LogP contribution >= 0.6 is 0 Å². The number of ether oxygens (including phenoxy) is 1. The SMILES string of the molecule is COc1cc(C)c(-c2ccccc2)c(C(=O)O)c1N. The average Bonchev–Trinajstić information content (AvgIpc) is 2.41. The molecule has 0 spiro atoms. The standard InChI is InChI=1S/C15H15NO3/c1-9-8-11(19-2)14(16)13(15(17)18)12(9)10-6-4-3-5-7-10/h3-8H,16H2,1-2H3,(H,17,18). The topological polar surface area (TPSA) is 72.5 Å². The lowest BCUT2D eigenvalue weighted by atomic mass is 9.93. The summed E-state index contributed by atoms with van der Waals surface area (Å²) in [6.07, 6.45) is 0. The minimum Gasteiger partial charge on any atom is -0.495 e. The van der Waals surface area contributed by atoms with Gasteiger partial charge in [0.1, 0.15) is 5.75 Å². The molecule has 0 aromatic heterocycles. The number of hydrogen-bond donors (Lipinski definition) is 2. The molecule has 3 N–H and O–H groups in total. The Hall–Kier alpha value is -2.49. The number of nitrogen functional groups attached to an aromatic ring is 1. The molecule has 0 aliphatic carbocycles. The van der Waals surface area contributed by atoms with Crippen LogP contribution in [-0.4, -0.2) is 18.2 Å². The molecular weight excluding hydrogens is 242 g/mol. The number of methoxy groups -OCH3 is 1. The number of benzene rings is 2. The van der Waals surface area contributed by atoms with Crippen molar-refractivity contribution in [2.24, 2.45) is 0 Å². The van der Waals surface area contributed by atoms with Gasteiger partial charge in [0, 0.05) is 5.56 Å². The molecule has 2 rings (SSSR count). The quantitative estimate of drug-likeness (QED) is 0.829. The fraction of sp³-hybridized carbons (Fsp3) is 0.133. The Morgan fingerprint density at radius 3 is 2.42 bits per heavy atom. The first kappa shape index (κ1) is 13.0. The van der Waals surface area contributed by atoms with Crippen LogP contribution in [0.5, 0.6) is 5.75 Å². The summed E-state index contributed by atoms with van der Waals surface area (Å²) >= 11 is 0. The summed E-state index contributed by atoms with van der Waals surface area (Å²) in [6, 6.07) is 11.1. The van der Waals surface area contributed by atoms with Gasteiger partial charge in [-0.3, -0.25) is 0 Å². The number of aryl methyl sites for hydroxylation is 1. The third kappa shape index (κ3) is 2.25. The van der Waals surface area contributed by atoms with Gasteiger partial charge in [0.2, 0.25) is 0 Å². The molecule has 4 heteroatoms. The highest BCUT2D eigenvalue weighted by Crippen LogP contribution is 2.37. The molecule has 4 nitrogen and oxygen atoms in total. The molecule has 0 unspecified atom stereocenters. The van der Waals surface area contributed by atoms with Gasteiger partial charge in [-0.05, 0) is 24.1 Å². The Kier molecular flexibility index (Phi) is 3.42. The first-order chi connectivity index (χ1) is 9.06. The maximum atomic E-state index is 11.5. The minimum absolute atomic E-state index is 0.0862. The zero-order chi connectivity index (χ0) is 14.0. The monoisotopic (exact) mass is 257 g/mol. The molecule has 2 aromatic carbocycles. The Balaban J connectivity index is 2.80. The van der Waals surface area contributed by atoms with E-state index in [1.807, 2.05) is 37.3 Å². The average molecular weight is 257 g/mol. The van der Waals surface area contributed by atoms with Gasteiger partial charge in [0.25, 0.3) is 0 Å². The fourth-order valence-electron chi connectivity index (χ4n) is 2.17. The Morgan fingerprint density at radius 1 is 1.26 bits per heavy atom. The largest absolute Gasteiger partial charge is 0.495 e. The van der Waals surface area contributed by atoms with Gasteiger partial charge in [0.05, 0.1) is 18.4 Å². The van der Waals surface area contributed by atoms with Crippen molar-refractivity contribution in [1.82, 2.24) is 0 Å². The van der Waals surface area contributed by atoms with E-state index in [1.165, 1.54) is 7.11 Å². The molecule has 0 aliphatic rings. The minimum atomic E-state index is -1.06. The van der Waals surface area contributed by atoms with Gasteiger partial charge in [0.15, 0.2) is 0 Å². The molecule has 0 amide bonds. The fourth-order valence-corrected chi connectivity index (χ4v) is 2.17. The smallest absolute Gasteiger partial charge is 0.338 e. The van der Waals surface area contributed by atoms with E-state index in [4.69, 9.17) is 10.5 Å². The Bertz CT molecular complexity index is 621. The number of hydrogen-bond acceptors (Lipinski definition) is 3. The van der Waals surface area contributed by atoms with Gasteiger partial charge >= 0.3 is 5.97 Å². The summed E-state index contributed by atoms with van der Waals surface area (Å²) in [5.41, 5.74) is 8.41. The number of carboxylic acids is 1. The second kappa shape index (κ2) is 5.02. The maximum absolute atomic E-state index is 11.5. The summed E-state index contributed by atoms with van der Waals surface area (Å²) in [4.78, 5) is 11.5. The van der Waals surface area contributed by atoms with Gasteiger partial charge in [-0.2, -0.15) is 0 Å². The third-order valence-electron chi connectivity index (χ3n) is 3.02. The van der Waals surface area contributed by atoms with Crippen LogP contribution in [0.3, 0.4) is 0 Å². The van der Waals surface area contributed by atoms with E-state index in [2.05, 4.69) is 0 Å². The van der Waals surface area contributed by atoms with Crippen LogP contribution in [0, 0.1) is 6.92 Å². The van der Waals surface area contributed by atoms with Crippen LogP contribution in [0.15, 0.2) is 36.4 Å². The van der Waals surface area contributed by atoms with E-state index in [-0.39, 0.29) is 11.3 Å². The van der Waals surface area contributed by atoms with Crippen molar-refractivity contribution in [3.05, 3.63) is 47.5 Å². The maximum Gasteiger partial charge on any atom is 0.338 e. The lowest BCUT2D eigenvalue weighted by Gasteiger charge is -2.15. The first-order valence-corrected chi connectivity index (χ1v) is 5.82. The van der Waals surface area contributed by atoms with E-state index in [0.29, 0.717) is 11.3 Å². The summed E-state index contributed by atoms with van der Waals surface area (Å²) < 4.78 is 5.12. The molecule has 0 aliphatic heterocycles. The second-order valence-corrected chi connectivity index (χ2v) is 4.23. The van der Waals surface area contributed by atoms with Gasteiger partial charge < -0.3 is 15.6 Å². The van der Waals surface area contributed by atoms with E-state index in [9.17, 15) is 9.90 Å². The van der Waals surface area contributed by atoms with Crippen molar-refractivity contribution in [3.63, 3.8) is 0 Å². The summed E-state index contributed by atoms with van der Waals surface area (Å²) in [6.45, 7) is 1.84. The normalized spacial score (nSPS) is 10.2. The Labute approximate surface area is 111 Å². The lowest BCUT2D eigenvalue weighted by molar-refractivity contribution is 0.0698. The van der Waals surface area contributed by atoms with Crippen LogP contribution in [0.1, 0.15) is 15.9 Å². The molecule has 0 saturated heterocycles. The van der Waals surface area contributed by atoms with Crippen molar-refractivity contribution in [2.45, 2.75) is 6.92 Å². The first-order valence-electron chi connectivity index (χ1n) is 5.82. The van der Waals surface area contributed by atoms with E-state index in [1.54, 1.807) is 6.07 Å². The zero-order valence-corrected chi connectivity index (χ0v) is 10.8. The molecule has 0 bridgehead atoms. The van der Waals surface area contributed by atoms with Crippen molar-refractivity contribution in [3.8, 4) is 16.9 Å². The lowest BCUT2D eigenvalue weighted by Crippen LogP contribution is -2.08. The number of carboxylic acid groups (broad SMARTS) is 1. The summed E-state index contributed by atoms with van der Waals surface area (Å²) in [5, 5.41) is 9.42. The third-order valence-corrected chi connectivity index (χ3v) is 3.02. The number of carbonyl (C=O) groups is 1. The predicted molar refractivity (Wildman–Crippen MR) is 74.5 cm³/mol. The van der Waals surface area contributed by atoms with Crippen molar-refractivity contribution in [1.29, 1.82) is 0 Å². The van der Waals surface area contributed by atoms with Crippen molar-refractivity contribution >= 4 is 11.7 Å². The molecule has 0 fully saturated rings. The van der Waals surface area contributed by atoms with Gasteiger partial charge in [-0.25, -0.2) is 4.79 Å². The zero-order valence-electron chi connectivity index (χ0n) is 10.8. The predicted octanol–water partition coefficient (Wildman–Crippen LogP) is 2.95. The van der Waals surface area contributed by atoms with E-state index >= 15 is 0 Å². The summed E-state index contributed by atoms with van der Waals surface area (Å²) in [7, 11) is 1.47. The molecule has 0 radical (unpaired) electrons. The van der Waals surface area contributed by atoms with Crippen LogP contribution in [0.25, 0.3) is 11.1 Å². The van der Waals surface area contributed by atoms with Crippen LogP contribution in [-0.2, 0) is 0 Å². The van der Waals surface area contributed by atoms with E-state index < -0.39 is 5.97 Å².